The number of anilines is 1. The lowest BCUT2D eigenvalue weighted by molar-refractivity contribution is 0.373. The Morgan fingerprint density at radius 1 is 1.29 bits per heavy atom. The van der Waals surface area contributed by atoms with Crippen molar-refractivity contribution >= 4 is 33.1 Å². The predicted molar refractivity (Wildman–Crippen MR) is 101 cm³/mol. The van der Waals surface area contributed by atoms with Gasteiger partial charge in [-0.25, -0.2) is 8.42 Å². The SMILES string of the molecule is CN=C(NCCCS(C)(=O)=O)N1CCN(c2cccc(Cl)c2)CC1. The van der Waals surface area contributed by atoms with E-state index in [1.807, 2.05) is 18.2 Å². The van der Waals surface area contributed by atoms with Gasteiger partial charge in [0.15, 0.2) is 5.96 Å². The van der Waals surface area contributed by atoms with Gasteiger partial charge in [-0.05, 0) is 24.6 Å². The molecule has 0 bridgehead atoms. The van der Waals surface area contributed by atoms with E-state index in [1.54, 1.807) is 7.05 Å². The number of sulfone groups is 1. The van der Waals surface area contributed by atoms with Gasteiger partial charge in [-0.1, -0.05) is 17.7 Å². The summed E-state index contributed by atoms with van der Waals surface area (Å²) in [6.45, 7) is 4.11. The summed E-state index contributed by atoms with van der Waals surface area (Å²) >= 11 is 6.06. The van der Waals surface area contributed by atoms with Gasteiger partial charge in [0.1, 0.15) is 9.84 Å². The summed E-state index contributed by atoms with van der Waals surface area (Å²) in [5.41, 5.74) is 1.14. The number of nitrogens with one attached hydrogen (secondary N) is 1. The third-order valence-electron chi connectivity index (χ3n) is 3.94. The predicted octanol–water partition coefficient (Wildman–Crippen LogP) is 1.47. The van der Waals surface area contributed by atoms with Gasteiger partial charge in [-0.2, -0.15) is 0 Å². The van der Waals surface area contributed by atoms with Crippen molar-refractivity contribution in [2.75, 3.05) is 56.7 Å². The molecule has 0 saturated carbocycles. The molecule has 8 heteroatoms. The summed E-state index contributed by atoms with van der Waals surface area (Å²) in [4.78, 5) is 8.80. The summed E-state index contributed by atoms with van der Waals surface area (Å²) < 4.78 is 22.3. The molecule has 6 nitrogen and oxygen atoms in total. The van der Waals surface area contributed by atoms with Crippen LogP contribution in [0.5, 0.6) is 0 Å². The average Bonchev–Trinajstić information content (AvgIpc) is 2.54. The number of halogens is 1. The summed E-state index contributed by atoms with van der Waals surface area (Å²) in [6.07, 6.45) is 1.84. The zero-order valence-electron chi connectivity index (χ0n) is 14.2. The molecule has 24 heavy (non-hydrogen) atoms. The van der Waals surface area contributed by atoms with Crippen molar-refractivity contribution in [2.24, 2.45) is 4.99 Å². The molecule has 0 amide bonds. The van der Waals surface area contributed by atoms with Gasteiger partial charge < -0.3 is 15.1 Å². The van der Waals surface area contributed by atoms with Crippen molar-refractivity contribution in [3.05, 3.63) is 29.3 Å². The van der Waals surface area contributed by atoms with Gasteiger partial charge >= 0.3 is 0 Å². The molecule has 0 radical (unpaired) electrons. The first kappa shape index (κ1) is 18.9. The zero-order valence-corrected chi connectivity index (χ0v) is 15.8. The van der Waals surface area contributed by atoms with Crippen LogP contribution in [-0.4, -0.2) is 71.1 Å². The fourth-order valence-electron chi connectivity index (χ4n) is 2.72. The van der Waals surface area contributed by atoms with Crippen LogP contribution in [0.2, 0.25) is 5.02 Å². The molecule has 1 aromatic carbocycles. The highest BCUT2D eigenvalue weighted by atomic mass is 35.5. The number of hydrogen-bond acceptors (Lipinski definition) is 4. The fraction of sp³-hybridized carbons (Fsp3) is 0.562. The number of piperazine rings is 1. The third kappa shape index (κ3) is 5.87. The van der Waals surface area contributed by atoms with Crippen molar-refractivity contribution in [1.29, 1.82) is 0 Å². The molecule has 0 atom stereocenters. The van der Waals surface area contributed by atoms with Crippen LogP contribution in [0.15, 0.2) is 29.3 Å². The van der Waals surface area contributed by atoms with Crippen LogP contribution in [-0.2, 0) is 9.84 Å². The molecular formula is C16H25ClN4O2S. The molecule has 1 aliphatic rings. The number of guanidine groups is 1. The van der Waals surface area contributed by atoms with Crippen molar-refractivity contribution in [1.82, 2.24) is 10.2 Å². The molecule has 1 N–H and O–H groups in total. The van der Waals surface area contributed by atoms with Crippen molar-refractivity contribution in [2.45, 2.75) is 6.42 Å². The Balaban J connectivity index is 1.81. The Morgan fingerprint density at radius 3 is 2.58 bits per heavy atom. The third-order valence-corrected chi connectivity index (χ3v) is 5.20. The first-order chi connectivity index (χ1) is 11.4. The fourth-order valence-corrected chi connectivity index (χ4v) is 3.57. The maximum Gasteiger partial charge on any atom is 0.193 e. The molecule has 0 spiro atoms. The lowest BCUT2D eigenvalue weighted by atomic mass is 10.2. The highest BCUT2D eigenvalue weighted by Gasteiger charge is 2.19. The maximum absolute atomic E-state index is 11.2. The summed E-state index contributed by atoms with van der Waals surface area (Å²) in [5, 5.41) is 4.00. The first-order valence-corrected chi connectivity index (χ1v) is 10.5. The second-order valence-electron chi connectivity index (χ2n) is 5.91. The van der Waals surface area contributed by atoms with E-state index in [4.69, 9.17) is 11.6 Å². The molecule has 1 aromatic rings. The minimum absolute atomic E-state index is 0.194. The largest absolute Gasteiger partial charge is 0.368 e. The van der Waals surface area contributed by atoms with Crippen molar-refractivity contribution < 1.29 is 8.42 Å². The highest BCUT2D eigenvalue weighted by molar-refractivity contribution is 7.90. The van der Waals surface area contributed by atoms with Crippen molar-refractivity contribution in [3.63, 3.8) is 0 Å². The Bertz CT molecular complexity index is 670. The van der Waals surface area contributed by atoms with E-state index >= 15 is 0 Å². The van der Waals surface area contributed by atoms with Crippen LogP contribution in [0.1, 0.15) is 6.42 Å². The van der Waals surface area contributed by atoms with Gasteiger partial charge in [0.2, 0.25) is 0 Å². The molecule has 2 rings (SSSR count). The Labute approximate surface area is 149 Å². The second kappa shape index (κ2) is 8.58. The van der Waals surface area contributed by atoms with Crippen LogP contribution in [0, 0.1) is 0 Å². The number of aliphatic imine (C=N–C) groups is 1. The topological polar surface area (TPSA) is 65.0 Å². The molecule has 1 aliphatic heterocycles. The zero-order chi connectivity index (χ0) is 17.6. The minimum atomic E-state index is -2.91. The molecule has 134 valence electrons. The van der Waals surface area contributed by atoms with Gasteiger partial charge in [0, 0.05) is 56.7 Å². The van der Waals surface area contributed by atoms with Gasteiger partial charge in [0.05, 0.1) is 5.75 Å². The van der Waals surface area contributed by atoms with E-state index in [-0.39, 0.29) is 5.75 Å². The molecule has 1 saturated heterocycles. The summed E-state index contributed by atoms with van der Waals surface area (Å²) in [6, 6.07) is 7.89. The van der Waals surface area contributed by atoms with E-state index in [9.17, 15) is 8.42 Å². The number of hydrogen-bond donors (Lipinski definition) is 1. The molecule has 0 aromatic heterocycles. The quantitative estimate of drug-likeness (QED) is 0.481. The molecular weight excluding hydrogens is 348 g/mol. The lowest BCUT2D eigenvalue weighted by Crippen LogP contribution is -2.52. The van der Waals surface area contributed by atoms with E-state index in [2.05, 4.69) is 26.2 Å². The number of nitrogens with zero attached hydrogens (tertiary/aromatic N) is 3. The average molecular weight is 373 g/mol. The van der Waals surface area contributed by atoms with Gasteiger partial charge in [-0.15, -0.1) is 0 Å². The van der Waals surface area contributed by atoms with E-state index in [0.29, 0.717) is 13.0 Å². The molecule has 1 fully saturated rings. The van der Waals surface area contributed by atoms with E-state index in [1.165, 1.54) is 6.26 Å². The molecule has 1 heterocycles. The monoisotopic (exact) mass is 372 g/mol. The van der Waals surface area contributed by atoms with E-state index in [0.717, 1.165) is 42.8 Å². The Hall–Kier alpha value is -1.47. The summed E-state index contributed by atoms with van der Waals surface area (Å²) in [5.74, 6) is 1.02. The number of rotatable bonds is 5. The standard InChI is InChI=1S/C16H25ClN4O2S/c1-18-16(19-7-4-12-24(2,22)23)21-10-8-20(9-11-21)15-6-3-5-14(17)13-15/h3,5-6,13H,4,7-12H2,1-2H3,(H,18,19). The van der Waals surface area contributed by atoms with Crippen LogP contribution in [0.4, 0.5) is 5.69 Å². The minimum Gasteiger partial charge on any atom is -0.368 e. The maximum atomic E-state index is 11.2. The highest BCUT2D eigenvalue weighted by Crippen LogP contribution is 2.20. The van der Waals surface area contributed by atoms with Crippen LogP contribution >= 0.6 is 11.6 Å². The van der Waals surface area contributed by atoms with E-state index < -0.39 is 9.84 Å². The second-order valence-corrected chi connectivity index (χ2v) is 8.61. The smallest absolute Gasteiger partial charge is 0.193 e. The van der Waals surface area contributed by atoms with Crippen LogP contribution < -0.4 is 10.2 Å². The lowest BCUT2D eigenvalue weighted by Gasteiger charge is -2.37. The Morgan fingerprint density at radius 2 is 2.00 bits per heavy atom. The van der Waals surface area contributed by atoms with Crippen LogP contribution in [0.3, 0.4) is 0 Å². The first-order valence-electron chi connectivity index (χ1n) is 8.03. The summed E-state index contributed by atoms with van der Waals surface area (Å²) in [7, 11) is -1.15. The van der Waals surface area contributed by atoms with Gasteiger partial charge in [0.25, 0.3) is 0 Å². The van der Waals surface area contributed by atoms with Crippen molar-refractivity contribution in [3.8, 4) is 0 Å². The normalized spacial score (nSPS) is 16.4. The van der Waals surface area contributed by atoms with Crippen LogP contribution in [0.25, 0.3) is 0 Å². The Kier molecular flexibility index (Phi) is 6.74. The molecule has 0 aliphatic carbocycles. The van der Waals surface area contributed by atoms with Gasteiger partial charge in [-0.3, -0.25) is 4.99 Å². The number of benzene rings is 1. The molecule has 0 unspecified atom stereocenters.